The Hall–Kier alpha value is -1.65. The molecule has 1 saturated heterocycles. The molecular formula is C16H23N3O. The minimum absolute atomic E-state index is 0.168. The molecule has 1 aromatic carbocycles. The molecule has 1 amide bonds. The molecule has 0 radical (unpaired) electrons. The normalized spacial score (nSPS) is 16.9. The van der Waals surface area contributed by atoms with E-state index in [-0.39, 0.29) is 5.91 Å². The Morgan fingerprint density at radius 3 is 2.65 bits per heavy atom. The second-order valence-corrected chi connectivity index (χ2v) is 5.10. The first-order valence-corrected chi connectivity index (χ1v) is 7.18. The fraction of sp³-hybridized carbons (Fsp3) is 0.438. The molecule has 4 heteroatoms. The third-order valence-electron chi connectivity index (χ3n) is 3.70. The number of carbonyl (C=O) groups is 1. The average molecular weight is 273 g/mol. The van der Waals surface area contributed by atoms with Crippen molar-refractivity contribution >= 4 is 11.6 Å². The summed E-state index contributed by atoms with van der Waals surface area (Å²) in [5.41, 5.74) is 2.07. The summed E-state index contributed by atoms with van der Waals surface area (Å²) in [6.07, 6.45) is 1.29. The molecule has 0 unspecified atom stereocenters. The van der Waals surface area contributed by atoms with E-state index in [0.717, 1.165) is 45.0 Å². The number of anilines is 1. The summed E-state index contributed by atoms with van der Waals surface area (Å²) in [6.45, 7) is 12.2. The zero-order valence-corrected chi connectivity index (χ0v) is 12.1. The van der Waals surface area contributed by atoms with E-state index in [0.29, 0.717) is 0 Å². The van der Waals surface area contributed by atoms with Gasteiger partial charge in [0.05, 0.1) is 0 Å². The van der Waals surface area contributed by atoms with Crippen LogP contribution in [0.1, 0.15) is 12.5 Å². The van der Waals surface area contributed by atoms with E-state index < -0.39 is 0 Å². The number of carbonyl (C=O) groups excluding carboxylic acids is 1. The van der Waals surface area contributed by atoms with Gasteiger partial charge in [-0.05, 0) is 30.3 Å². The first-order valence-electron chi connectivity index (χ1n) is 7.18. The van der Waals surface area contributed by atoms with Gasteiger partial charge in [-0.25, -0.2) is 0 Å². The van der Waals surface area contributed by atoms with Crippen LogP contribution in [0.3, 0.4) is 0 Å². The summed E-state index contributed by atoms with van der Waals surface area (Å²) in [4.78, 5) is 16.2. The molecule has 0 aromatic heterocycles. The van der Waals surface area contributed by atoms with Crippen molar-refractivity contribution in [2.24, 2.45) is 0 Å². The molecule has 4 nitrogen and oxygen atoms in total. The van der Waals surface area contributed by atoms with Crippen LogP contribution in [-0.2, 0) is 11.3 Å². The molecule has 1 aliphatic heterocycles. The van der Waals surface area contributed by atoms with Gasteiger partial charge in [-0.15, -0.1) is 0 Å². The van der Waals surface area contributed by atoms with Crippen molar-refractivity contribution in [1.29, 1.82) is 0 Å². The van der Waals surface area contributed by atoms with Gasteiger partial charge in [-0.2, -0.15) is 0 Å². The van der Waals surface area contributed by atoms with E-state index in [4.69, 9.17) is 0 Å². The Morgan fingerprint density at radius 2 is 2.00 bits per heavy atom. The van der Waals surface area contributed by atoms with E-state index in [2.05, 4.69) is 34.7 Å². The number of nitrogens with zero attached hydrogens (tertiary/aromatic N) is 2. The van der Waals surface area contributed by atoms with Gasteiger partial charge in [0, 0.05) is 38.4 Å². The maximum Gasteiger partial charge on any atom is 0.247 e. The smallest absolute Gasteiger partial charge is 0.247 e. The van der Waals surface area contributed by atoms with Crippen LogP contribution in [0.15, 0.2) is 36.9 Å². The molecule has 20 heavy (non-hydrogen) atoms. The number of benzene rings is 1. The number of rotatable bonds is 5. The molecule has 1 aliphatic rings. The Morgan fingerprint density at radius 1 is 1.30 bits per heavy atom. The molecule has 2 rings (SSSR count). The molecule has 1 fully saturated rings. The van der Waals surface area contributed by atoms with Crippen LogP contribution in [0.25, 0.3) is 0 Å². The second-order valence-electron chi connectivity index (χ2n) is 5.10. The highest BCUT2D eigenvalue weighted by molar-refractivity contribution is 5.98. The number of piperazine rings is 1. The summed E-state index contributed by atoms with van der Waals surface area (Å²) in [6, 6.07) is 8.03. The topological polar surface area (TPSA) is 35.6 Å². The Labute approximate surface area is 121 Å². The summed E-state index contributed by atoms with van der Waals surface area (Å²) >= 11 is 0. The predicted molar refractivity (Wildman–Crippen MR) is 82.7 cm³/mol. The maximum atomic E-state index is 11.3. The average Bonchev–Trinajstić information content (AvgIpc) is 2.48. The summed E-state index contributed by atoms with van der Waals surface area (Å²) in [5.74, 6) is -0.168. The summed E-state index contributed by atoms with van der Waals surface area (Å²) in [5, 5.41) is 2.80. The van der Waals surface area contributed by atoms with Gasteiger partial charge in [0.1, 0.15) is 0 Å². The monoisotopic (exact) mass is 273 g/mol. The zero-order valence-electron chi connectivity index (χ0n) is 12.1. The lowest BCUT2D eigenvalue weighted by Crippen LogP contribution is -2.45. The van der Waals surface area contributed by atoms with Crippen molar-refractivity contribution in [1.82, 2.24) is 9.80 Å². The van der Waals surface area contributed by atoms with E-state index in [1.807, 2.05) is 18.2 Å². The number of hydrogen-bond donors (Lipinski definition) is 1. The number of likely N-dealkylation sites (N-methyl/N-ethyl adjacent to an activating group) is 1. The molecule has 108 valence electrons. The third kappa shape index (κ3) is 4.18. The van der Waals surface area contributed by atoms with E-state index >= 15 is 0 Å². The maximum absolute atomic E-state index is 11.3. The fourth-order valence-corrected chi connectivity index (χ4v) is 2.46. The molecule has 0 aliphatic carbocycles. The van der Waals surface area contributed by atoms with Crippen molar-refractivity contribution in [3.8, 4) is 0 Å². The molecule has 1 heterocycles. The molecule has 0 bridgehead atoms. The Kier molecular flexibility index (Phi) is 5.32. The standard InChI is InChI=1S/C16H23N3O/c1-3-16(20)17-15-7-5-6-14(12-15)13-19-10-8-18(4-2)9-11-19/h3,5-7,12H,1,4,8-11,13H2,2H3,(H,17,20). The van der Waals surface area contributed by atoms with Crippen molar-refractivity contribution in [2.75, 3.05) is 38.0 Å². The lowest BCUT2D eigenvalue weighted by atomic mass is 10.1. The first kappa shape index (κ1) is 14.8. The third-order valence-corrected chi connectivity index (χ3v) is 3.70. The van der Waals surface area contributed by atoms with E-state index in [1.165, 1.54) is 11.6 Å². The van der Waals surface area contributed by atoms with Crippen LogP contribution in [0, 0.1) is 0 Å². The van der Waals surface area contributed by atoms with Crippen LogP contribution >= 0.6 is 0 Å². The van der Waals surface area contributed by atoms with Crippen LogP contribution in [0.2, 0.25) is 0 Å². The van der Waals surface area contributed by atoms with Crippen molar-refractivity contribution in [3.63, 3.8) is 0 Å². The second kappa shape index (κ2) is 7.22. The molecule has 1 aromatic rings. The van der Waals surface area contributed by atoms with Gasteiger partial charge in [-0.1, -0.05) is 25.6 Å². The van der Waals surface area contributed by atoms with Gasteiger partial charge in [0.25, 0.3) is 0 Å². The first-order chi connectivity index (χ1) is 9.71. The summed E-state index contributed by atoms with van der Waals surface area (Å²) in [7, 11) is 0. The number of amides is 1. The van der Waals surface area contributed by atoms with Gasteiger partial charge in [0.15, 0.2) is 0 Å². The minimum atomic E-state index is -0.168. The zero-order chi connectivity index (χ0) is 14.4. The van der Waals surface area contributed by atoms with Gasteiger partial charge in [-0.3, -0.25) is 9.69 Å². The number of hydrogen-bond acceptors (Lipinski definition) is 3. The molecule has 0 spiro atoms. The quantitative estimate of drug-likeness (QED) is 0.833. The van der Waals surface area contributed by atoms with Crippen molar-refractivity contribution < 1.29 is 4.79 Å². The van der Waals surface area contributed by atoms with Crippen LogP contribution < -0.4 is 5.32 Å². The molecule has 0 saturated carbocycles. The fourth-order valence-electron chi connectivity index (χ4n) is 2.46. The van der Waals surface area contributed by atoms with Crippen molar-refractivity contribution in [3.05, 3.63) is 42.5 Å². The minimum Gasteiger partial charge on any atom is -0.323 e. The van der Waals surface area contributed by atoms with Gasteiger partial charge >= 0.3 is 0 Å². The van der Waals surface area contributed by atoms with Crippen LogP contribution in [0.4, 0.5) is 5.69 Å². The largest absolute Gasteiger partial charge is 0.323 e. The predicted octanol–water partition coefficient (Wildman–Crippen LogP) is 1.95. The van der Waals surface area contributed by atoms with E-state index in [1.54, 1.807) is 0 Å². The number of nitrogens with one attached hydrogen (secondary N) is 1. The SMILES string of the molecule is C=CC(=O)Nc1cccc(CN2CCN(CC)CC2)c1. The lowest BCUT2D eigenvalue weighted by molar-refractivity contribution is -0.111. The lowest BCUT2D eigenvalue weighted by Gasteiger charge is -2.34. The van der Waals surface area contributed by atoms with Crippen LogP contribution in [-0.4, -0.2) is 48.4 Å². The van der Waals surface area contributed by atoms with Crippen molar-refractivity contribution in [2.45, 2.75) is 13.5 Å². The highest BCUT2D eigenvalue weighted by Crippen LogP contribution is 2.14. The Balaban J connectivity index is 1.91. The molecule has 1 N–H and O–H groups in total. The molecular weight excluding hydrogens is 250 g/mol. The summed E-state index contributed by atoms with van der Waals surface area (Å²) < 4.78 is 0. The molecule has 0 atom stereocenters. The van der Waals surface area contributed by atoms with Gasteiger partial charge in [0.2, 0.25) is 5.91 Å². The van der Waals surface area contributed by atoms with Gasteiger partial charge < -0.3 is 10.2 Å². The highest BCUT2D eigenvalue weighted by Gasteiger charge is 2.15. The van der Waals surface area contributed by atoms with Crippen LogP contribution in [0.5, 0.6) is 0 Å². The Bertz CT molecular complexity index is 465. The highest BCUT2D eigenvalue weighted by atomic mass is 16.1. The van der Waals surface area contributed by atoms with E-state index in [9.17, 15) is 4.79 Å².